The number of aromatic nitrogens is 2. The lowest BCUT2D eigenvalue weighted by Crippen LogP contribution is -2.56. The van der Waals surface area contributed by atoms with Gasteiger partial charge in [0.2, 0.25) is 5.88 Å². The smallest absolute Gasteiger partial charge is 0.328 e. The second kappa shape index (κ2) is 11.2. The third-order valence-corrected chi connectivity index (χ3v) is 7.12. The highest BCUT2D eigenvalue weighted by Crippen LogP contribution is 2.41. The van der Waals surface area contributed by atoms with Crippen LogP contribution in [0.1, 0.15) is 64.1 Å². The Bertz CT molecular complexity index is 1310. The lowest BCUT2D eigenvalue weighted by molar-refractivity contribution is -0.138. The first-order valence-electron chi connectivity index (χ1n) is 13.0. The third kappa shape index (κ3) is 5.87. The van der Waals surface area contributed by atoms with Gasteiger partial charge >= 0.3 is 5.97 Å². The second-order valence-corrected chi connectivity index (χ2v) is 10.4. The van der Waals surface area contributed by atoms with E-state index in [1.54, 1.807) is 24.5 Å². The fraction of sp³-hybridized carbons (Fsp3) is 0.433. The van der Waals surface area contributed by atoms with Gasteiger partial charge in [0.25, 0.3) is 0 Å². The Labute approximate surface area is 218 Å². The number of pyridine rings is 2. The van der Waals surface area contributed by atoms with Crippen LogP contribution in [0.4, 0.5) is 0 Å². The molecule has 194 valence electrons. The number of carboxylic acids is 1. The van der Waals surface area contributed by atoms with E-state index in [9.17, 15) is 14.7 Å². The molecule has 37 heavy (non-hydrogen) atoms. The number of Topliss-reactive ketones (excluding diaryl/α,β-unsaturated/α-hetero) is 1. The summed E-state index contributed by atoms with van der Waals surface area (Å²) >= 11 is 0. The summed E-state index contributed by atoms with van der Waals surface area (Å²) in [5, 5.41) is 11.7. The Hall–Kier alpha value is -3.61. The van der Waals surface area contributed by atoms with Crippen molar-refractivity contribution in [3.8, 4) is 11.6 Å². The SMILES string of the molecule is CCCCCCC1C(=O)C(C)(C)C1=N[C@@H](Cc1ccc(Oc2nc(C)cc3ccncc23)cc1)C(=O)O. The Morgan fingerprint density at radius 2 is 1.92 bits per heavy atom. The van der Waals surface area contributed by atoms with Crippen LogP contribution in [0.25, 0.3) is 10.8 Å². The average Bonchev–Trinajstić information content (AvgIpc) is 2.87. The standard InChI is InChI=1S/C30H35N3O4/c1-5-6-7-8-9-23-26(30(3,4)27(23)34)33-25(29(35)36)17-20-10-12-22(13-11-20)37-28-24-18-31-15-14-21(24)16-19(2)32-28/h10-16,18,23,25H,5-9,17H2,1-4H3,(H,35,36)/t23?,25-/m0/s1. The maximum absolute atomic E-state index is 12.7. The number of aryl methyl sites for hydroxylation is 1. The van der Waals surface area contributed by atoms with Crippen LogP contribution in [0.5, 0.6) is 11.6 Å². The number of nitrogens with zero attached hydrogens (tertiary/aromatic N) is 3. The summed E-state index contributed by atoms with van der Waals surface area (Å²) < 4.78 is 6.05. The highest BCUT2D eigenvalue weighted by Gasteiger charge is 2.52. The van der Waals surface area contributed by atoms with E-state index in [0.29, 0.717) is 11.6 Å². The van der Waals surface area contributed by atoms with E-state index in [0.717, 1.165) is 59.8 Å². The number of ether oxygens (including phenoxy) is 1. The number of carbonyl (C=O) groups excluding carboxylic acids is 1. The number of hydrogen-bond donors (Lipinski definition) is 1. The van der Waals surface area contributed by atoms with E-state index >= 15 is 0 Å². The molecule has 7 heteroatoms. The molecule has 1 aliphatic carbocycles. The van der Waals surface area contributed by atoms with E-state index in [-0.39, 0.29) is 18.1 Å². The monoisotopic (exact) mass is 501 g/mol. The molecule has 0 saturated heterocycles. The Kier molecular flexibility index (Phi) is 8.00. The summed E-state index contributed by atoms with van der Waals surface area (Å²) in [6.45, 7) is 7.76. The molecule has 0 aliphatic heterocycles. The molecule has 1 aromatic carbocycles. The van der Waals surface area contributed by atoms with Crippen molar-refractivity contribution in [3.63, 3.8) is 0 Å². The number of unbranched alkanes of at least 4 members (excludes halogenated alkanes) is 3. The van der Waals surface area contributed by atoms with Crippen molar-refractivity contribution >= 4 is 28.2 Å². The summed E-state index contributed by atoms with van der Waals surface area (Å²) in [4.78, 5) is 38.2. The number of rotatable bonds is 11. The number of benzene rings is 1. The van der Waals surface area contributed by atoms with Gasteiger partial charge in [0, 0.05) is 30.2 Å². The van der Waals surface area contributed by atoms with Crippen molar-refractivity contribution in [1.82, 2.24) is 9.97 Å². The van der Waals surface area contributed by atoms with E-state index in [1.165, 1.54) is 0 Å². The summed E-state index contributed by atoms with van der Waals surface area (Å²) in [5.74, 6) is 0.00251. The first-order valence-corrected chi connectivity index (χ1v) is 13.0. The molecule has 1 saturated carbocycles. The largest absolute Gasteiger partial charge is 0.480 e. The number of carboxylic acid groups (broad SMARTS) is 1. The van der Waals surface area contributed by atoms with Gasteiger partial charge in [0.05, 0.1) is 16.7 Å². The fourth-order valence-corrected chi connectivity index (χ4v) is 4.99. The number of aliphatic imine (C=N–C) groups is 1. The Morgan fingerprint density at radius 1 is 1.16 bits per heavy atom. The van der Waals surface area contributed by atoms with Gasteiger partial charge in [-0.1, -0.05) is 44.7 Å². The molecule has 1 unspecified atom stereocenters. The molecular formula is C30H35N3O4. The van der Waals surface area contributed by atoms with E-state index in [4.69, 9.17) is 4.74 Å². The molecule has 1 fully saturated rings. The van der Waals surface area contributed by atoms with Crippen LogP contribution < -0.4 is 4.74 Å². The van der Waals surface area contributed by atoms with Crippen LogP contribution in [-0.4, -0.2) is 38.6 Å². The van der Waals surface area contributed by atoms with Crippen molar-refractivity contribution < 1.29 is 19.4 Å². The number of hydrogen-bond acceptors (Lipinski definition) is 6. The molecule has 1 N–H and O–H groups in total. The van der Waals surface area contributed by atoms with E-state index < -0.39 is 17.4 Å². The number of ketones is 1. The quantitative estimate of drug-likeness (QED) is 0.307. The van der Waals surface area contributed by atoms with Crippen LogP contribution in [0.15, 0.2) is 53.8 Å². The molecule has 0 amide bonds. The molecule has 2 aromatic heterocycles. The first kappa shape index (κ1) is 26.5. The van der Waals surface area contributed by atoms with Gasteiger partial charge in [-0.3, -0.25) is 14.8 Å². The lowest BCUT2D eigenvalue weighted by atomic mass is 9.59. The maximum Gasteiger partial charge on any atom is 0.328 e. The molecular weight excluding hydrogens is 466 g/mol. The van der Waals surface area contributed by atoms with Crippen LogP contribution in [0, 0.1) is 18.3 Å². The summed E-state index contributed by atoms with van der Waals surface area (Å²) in [6, 6.07) is 10.3. The molecule has 0 radical (unpaired) electrons. The van der Waals surface area contributed by atoms with Crippen LogP contribution in [0.2, 0.25) is 0 Å². The van der Waals surface area contributed by atoms with Gasteiger partial charge in [0.15, 0.2) is 11.8 Å². The zero-order valence-electron chi connectivity index (χ0n) is 22.0. The zero-order chi connectivity index (χ0) is 26.6. The number of fused-ring (bicyclic) bond motifs is 1. The molecule has 7 nitrogen and oxygen atoms in total. The average molecular weight is 502 g/mol. The zero-order valence-corrected chi connectivity index (χ0v) is 22.0. The Balaban J connectivity index is 1.48. The van der Waals surface area contributed by atoms with Crippen molar-refractivity contribution in [2.24, 2.45) is 16.3 Å². The van der Waals surface area contributed by atoms with E-state index in [2.05, 4.69) is 21.9 Å². The van der Waals surface area contributed by atoms with E-state index in [1.807, 2.05) is 45.0 Å². The highest BCUT2D eigenvalue weighted by atomic mass is 16.5. The van der Waals surface area contributed by atoms with Crippen LogP contribution >= 0.6 is 0 Å². The predicted octanol–water partition coefficient (Wildman–Crippen LogP) is 6.36. The lowest BCUT2D eigenvalue weighted by Gasteiger charge is -2.43. The summed E-state index contributed by atoms with van der Waals surface area (Å²) in [6.07, 6.45) is 8.75. The molecule has 0 spiro atoms. The van der Waals surface area contributed by atoms with Crippen molar-refractivity contribution in [1.29, 1.82) is 0 Å². The van der Waals surface area contributed by atoms with Gasteiger partial charge in [0.1, 0.15) is 5.75 Å². The molecule has 3 aromatic rings. The molecule has 1 aliphatic rings. The predicted molar refractivity (Wildman–Crippen MR) is 144 cm³/mol. The number of aliphatic carboxylic acids is 1. The summed E-state index contributed by atoms with van der Waals surface area (Å²) in [5.41, 5.74) is 1.71. The van der Waals surface area contributed by atoms with Crippen molar-refractivity contribution in [2.45, 2.75) is 72.3 Å². The number of carbonyl (C=O) groups is 2. The van der Waals surface area contributed by atoms with Crippen LogP contribution in [-0.2, 0) is 16.0 Å². The molecule has 2 heterocycles. The third-order valence-electron chi connectivity index (χ3n) is 7.12. The van der Waals surface area contributed by atoms with Gasteiger partial charge in [-0.25, -0.2) is 9.78 Å². The van der Waals surface area contributed by atoms with Gasteiger partial charge in [-0.15, -0.1) is 0 Å². The minimum absolute atomic E-state index is 0.167. The molecule has 4 rings (SSSR count). The second-order valence-electron chi connectivity index (χ2n) is 10.4. The van der Waals surface area contributed by atoms with Crippen LogP contribution in [0.3, 0.4) is 0 Å². The molecule has 0 bridgehead atoms. The fourth-order valence-electron chi connectivity index (χ4n) is 4.99. The van der Waals surface area contributed by atoms with Gasteiger partial charge in [-0.2, -0.15) is 0 Å². The van der Waals surface area contributed by atoms with Gasteiger partial charge in [-0.05, 0) is 62.4 Å². The summed E-state index contributed by atoms with van der Waals surface area (Å²) in [7, 11) is 0. The van der Waals surface area contributed by atoms with Crippen molar-refractivity contribution in [3.05, 3.63) is 60.0 Å². The Morgan fingerprint density at radius 3 is 2.62 bits per heavy atom. The van der Waals surface area contributed by atoms with Gasteiger partial charge < -0.3 is 9.84 Å². The minimum atomic E-state index is -0.990. The normalized spacial score (nSPS) is 18.5. The topological polar surface area (TPSA) is 102 Å². The minimum Gasteiger partial charge on any atom is -0.480 e. The first-order chi connectivity index (χ1) is 17.7. The molecule has 2 atom stereocenters. The van der Waals surface area contributed by atoms with Crippen molar-refractivity contribution in [2.75, 3.05) is 0 Å². The highest BCUT2D eigenvalue weighted by molar-refractivity contribution is 6.29. The maximum atomic E-state index is 12.7.